The number of hydrogen-bond acceptors (Lipinski definition) is 6. The highest BCUT2D eigenvalue weighted by Crippen LogP contribution is 2.25. The van der Waals surface area contributed by atoms with Gasteiger partial charge in [-0.15, -0.1) is 0 Å². The summed E-state index contributed by atoms with van der Waals surface area (Å²) in [6, 6.07) is 8.63. The monoisotopic (exact) mass is 417 g/mol. The number of carbonyl (C=O) groups excluding carboxylic acids is 3. The predicted octanol–water partition coefficient (Wildman–Crippen LogP) is 3.01. The van der Waals surface area contributed by atoms with Crippen molar-refractivity contribution in [2.45, 2.75) is 13.8 Å². The highest BCUT2D eigenvalue weighted by atomic mass is 32.1. The van der Waals surface area contributed by atoms with Gasteiger partial charge in [-0.05, 0) is 26.0 Å². The summed E-state index contributed by atoms with van der Waals surface area (Å²) in [4.78, 5) is 44.8. The third-order valence-electron chi connectivity index (χ3n) is 4.34. The molecule has 0 saturated carbocycles. The van der Waals surface area contributed by atoms with Crippen molar-refractivity contribution in [2.24, 2.45) is 0 Å². The van der Waals surface area contributed by atoms with Crippen molar-refractivity contribution in [2.75, 3.05) is 43.4 Å². The first kappa shape index (κ1) is 20.6. The van der Waals surface area contributed by atoms with Crippen LogP contribution in [0.4, 0.5) is 20.4 Å². The van der Waals surface area contributed by atoms with Crippen LogP contribution >= 0.6 is 11.3 Å². The third-order valence-corrected chi connectivity index (χ3v) is 5.40. The molecule has 2 aromatic rings. The number of nitrogens with one attached hydrogen (secondary N) is 2. The molecule has 3 rings (SSSR count). The fourth-order valence-electron chi connectivity index (χ4n) is 2.88. The average Bonchev–Trinajstić information content (AvgIpc) is 3.08. The van der Waals surface area contributed by atoms with Crippen LogP contribution in [0.3, 0.4) is 0 Å². The number of amides is 4. The van der Waals surface area contributed by atoms with E-state index in [1.165, 1.54) is 0 Å². The van der Waals surface area contributed by atoms with Gasteiger partial charge in [0.2, 0.25) is 0 Å². The van der Waals surface area contributed by atoms with E-state index in [0.29, 0.717) is 54.2 Å². The molecular formula is C19H23N5O4S. The van der Waals surface area contributed by atoms with E-state index < -0.39 is 6.03 Å². The number of ether oxygens (including phenoxy) is 1. The first-order valence-corrected chi connectivity index (χ1v) is 10.1. The number of aryl methyl sites for hydroxylation is 1. The van der Waals surface area contributed by atoms with Crippen LogP contribution in [0.5, 0.6) is 0 Å². The molecule has 0 radical (unpaired) electrons. The topological polar surface area (TPSA) is 104 Å². The number of rotatable bonds is 4. The second-order valence-electron chi connectivity index (χ2n) is 6.36. The lowest BCUT2D eigenvalue weighted by Gasteiger charge is -2.33. The minimum Gasteiger partial charge on any atom is -0.450 e. The third kappa shape index (κ3) is 5.23. The van der Waals surface area contributed by atoms with Gasteiger partial charge >= 0.3 is 12.1 Å². The quantitative estimate of drug-likeness (QED) is 0.796. The number of anilines is 2. The molecule has 2 heterocycles. The summed E-state index contributed by atoms with van der Waals surface area (Å²) in [6.45, 7) is 5.51. The number of nitrogens with zero attached hydrogens (tertiary/aromatic N) is 3. The number of benzene rings is 1. The molecule has 29 heavy (non-hydrogen) atoms. The summed E-state index contributed by atoms with van der Waals surface area (Å²) >= 11 is 1.14. The molecule has 9 nitrogen and oxygen atoms in total. The van der Waals surface area contributed by atoms with Crippen LogP contribution in [0.15, 0.2) is 30.3 Å². The number of thiazole rings is 1. The molecule has 1 saturated heterocycles. The van der Waals surface area contributed by atoms with Gasteiger partial charge < -0.3 is 19.9 Å². The van der Waals surface area contributed by atoms with Gasteiger partial charge in [0.15, 0.2) is 5.13 Å². The average molecular weight is 417 g/mol. The molecule has 1 aromatic carbocycles. The fourth-order valence-corrected chi connectivity index (χ4v) is 3.81. The van der Waals surface area contributed by atoms with Gasteiger partial charge in [0.05, 0.1) is 12.3 Å². The molecule has 154 valence electrons. The SMILES string of the molecule is CCOC(=O)N1CCN(C(=O)c2sc(NC(=O)Nc3ccccc3)nc2C)CC1. The van der Waals surface area contributed by atoms with Gasteiger partial charge in [-0.25, -0.2) is 14.6 Å². The van der Waals surface area contributed by atoms with Crippen LogP contribution in [-0.2, 0) is 4.74 Å². The van der Waals surface area contributed by atoms with Crippen LogP contribution in [0, 0.1) is 6.92 Å². The van der Waals surface area contributed by atoms with Crippen LogP contribution in [-0.4, -0.2) is 65.6 Å². The standard InChI is InChI=1S/C19H23N5O4S/c1-3-28-19(27)24-11-9-23(10-12-24)16(25)15-13(2)20-18(29-15)22-17(26)21-14-7-5-4-6-8-14/h4-8H,3,9-12H2,1-2H3,(H2,20,21,22,26). The molecule has 1 aliphatic heterocycles. The predicted molar refractivity (Wildman–Crippen MR) is 110 cm³/mol. The van der Waals surface area contributed by atoms with Crippen LogP contribution in [0.1, 0.15) is 22.3 Å². The van der Waals surface area contributed by atoms with E-state index in [1.54, 1.807) is 35.8 Å². The summed E-state index contributed by atoms with van der Waals surface area (Å²) in [7, 11) is 0. The Balaban J connectivity index is 1.58. The van der Waals surface area contributed by atoms with Gasteiger partial charge in [0, 0.05) is 31.9 Å². The summed E-state index contributed by atoms with van der Waals surface area (Å²) < 4.78 is 4.99. The Kier molecular flexibility index (Phi) is 6.65. The van der Waals surface area contributed by atoms with E-state index in [-0.39, 0.29) is 12.0 Å². The minimum atomic E-state index is -0.424. The van der Waals surface area contributed by atoms with Crippen LogP contribution in [0.2, 0.25) is 0 Å². The van der Waals surface area contributed by atoms with Crippen molar-refractivity contribution >= 4 is 40.2 Å². The van der Waals surface area contributed by atoms with Crippen molar-refractivity contribution in [1.29, 1.82) is 0 Å². The molecule has 0 aliphatic carbocycles. The molecule has 0 spiro atoms. The Hall–Kier alpha value is -3.14. The molecule has 10 heteroatoms. The molecule has 4 amide bonds. The highest BCUT2D eigenvalue weighted by Gasteiger charge is 2.28. The molecule has 2 N–H and O–H groups in total. The van der Waals surface area contributed by atoms with Gasteiger partial charge in [0.1, 0.15) is 4.88 Å². The molecule has 0 unspecified atom stereocenters. The highest BCUT2D eigenvalue weighted by molar-refractivity contribution is 7.17. The lowest BCUT2D eigenvalue weighted by Crippen LogP contribution is -2.50. The molecule has 0 atom stereocenters. The van der Waals surface area contributed by atoms with Gasteiger partial charge in [0.25, 0.3) is 5.91 Å². The van der Waals surface area contributed by atoms with E-state index in [0.717, 1.165) is 11.3 Å². The van der Waals surface area contributed by atoms with Crippen molar-refractivity contribution in [3.63, 3.8) is 0 Å². The molecule has 1 aliphatic rings. The van der Waals surface area contributed by atoms with Crippen LogP contribution in [0.25, 0.3) is 0 Å². The Morgan fingerprint density at radius 3 is 2.38 bits per heavy atom. The summed E-state index contributed by atoms with van der Waals surface area (Å²) in [5, 5.41) is 5.72. The van der Waals surface area contributed by atoms with Crippen molar-refractivity contribution in [1.82, 2.24) is 14.8 Å². The lowest BCUT2D eigenvalue weighted by molar-refractivity contribution is 0.0573. The zero-order valence-corrected chi connectivity index (χ0v) is 17.1. The number of piperazine rings is 1. The molecule has 0 bridgehead atoms. The van der Waals surface area contributed by atoms with E-state index in [4.69, 9.17) is 4.74 Å². The normalized spacial score (nSPS) is 13.7. The second kappa shape index (κ2) is 9.37. The van der Waals surface area contributed by atoms with Gasteiger partial charge in [-0.3, -0.25) is 10.1 Å². The lowest BCUT2D eigenvalue weighted by atomic mass is 10.3. The number of para-hydroxylation sites is 1. The largest absolute Gasteiger partial charge is 0.450 e. The Bertz CT molecular complexity index is 878. The van der Waals surface area contributed by atoms with E-state index in [2.05, 4.69) is 15.6 Å². The van der Waals surface area contributed by atoms with Crippen molar-refractivity contribution in [3.8, 4) is 0 Å². The first-order valence-electron chi connectivity index (χ1n) is 9.29. The number of carbonyl (C=O) groups is 3. The second-order valence-corrected chi connectivity index (χ2v) is 7.36. The Morgan fingerprint density at radius 2 is 1.72 bits per heavy atom. The maximum absolute atomic E-state index is 12.8. The maximum Gasteiger partial charge on any atom is 0.409 e. The van der Waals surface area contributed by atoms with Gasteiger partial charge in [-0.1, -0.05) is 29.5 Å². The minimum absolute atomic E-state index is 0.153. The Labute approximate surface area is 172 Å². The number of aromatic nitrogens is 1. The maximum atomic E-state index is 12.8. The number of urea groups is 1. The van der Waals surface area contributed by atoms with Gasteiger partial charge in [-0.2, -0.15) is 0 Å². The number of hydrogen-bond donors (Lipinski definition) is 2. The van der Waals surface area contributed by atoms with Crippen molar-refractivity contribution < 1.29 is 19.1 Å². The van der Waals surface area contributed by atoms with E-state index in [1.807, 2.05) is 18.2 Å². The zero-order valence-electron chi connectivity index (χ0n) is 16.3. The Morgan fingerprint density at radius 1 is 1.07 bits per heavy atom. The summed E-state index contributed by atoms with van der Waals surface area (Å²) in [5.41, 5.74) is 1.22. The van der Waals surface area contributed by atoms with Crippen LogP contribution < -0.4 is 10.6 Å². The summed E-state index contributed by atoms with van der Waals surface area (Å²) in [6.07, 6.45) is -0.357. The molecule has 1 aromatic heterocycles. The first-order chi connectivity index (χ1) is 14.0. The zero-order chi connectivity index (χ0) is 20.8. The van der Waals surface area contributed by atoms with E-state index >= 15 is 0 Å². The molecule has 1 fully saturated rings. The fraction of sp³-hybridized carbons (Fsp3) is 0.368. The smallest absolute Gasteiger partial charge is 0.409 e. The summed E-state index contributed by atoms with van der Waals surface area (Å²) in [5.74, 6) is -0.153. The molecular weight excluding hydrogens is 394 g/mol. The van der Waals surface area contributed by atoms with E-state index in [9.17, 15) is 14.4 Å². The van der Waals surface area contributed by atoms with Crippen molar-refractivity contribution in [3.05, 3.63) is 40.9 Å².